The third-order valence-electron chi connectivity index (χ3n) is 2.74. The van der Waals surface area contributed by atoms with Gasteiger partial charge in [-0.3, -0.25) is 4.79 Å². The molecule has 1 unspecified atom stereocenters. The van der Waals surface area contributed by atoms with Crippen LogP contribution in [0.25, 0.3) is 0 Å². The smallest absolute Gasteiger partial charge is 0.223 e. The number of nitrogens with one attached hydrogen (secondary N) is 1. The van der Waals surface area contributed by atoms with Gasteiger partial charge in [-0.2, -0.15) is 0 Å². The van der Waals surface area contributed by atoms with Crippen molar-refractivity contribution in [2.45, 2.75) is 25.3 Å². The second kappa shape index (κ2) is 3.48. The van der Waals surface area contributed by atoms with Crippen molar-refractivity contribution in [3.63, 3.8) is 0 Å². The van der Waals surface area contributed by atoms with Gasteiger partial charge < -0.3 is 20.1 Å². The summed E-state index contributed by atoms with van der Waals surface area (Å²) < 4.78 is 0. The van der Waals surface area contributed by atoms with Crippen LogP contribution in [0.1, 0.15) is 19.3 Å². The molecule has 2 fully saturated rings. The van der Waals surface area contributed by atoms with Crippen LogP contribution in [-0.4, -0.2) is 36.0 Å². The maximum absolute atomic E-state index is 11.3. The van der Waals surface area contributed by atoms with E-state index in [1.807, 2.05) is 0 Å². The number of rotatable bonds is 2. The minimum atomic E-state index is -1.15. The highest BCUT2D eigenvalue weighted by molar-refractivity contribution is 5.81. The molecule has 0 aromatic rings. The van der Waals surface area contributed by atoms with E-state index >= 15 is 0 Å². The zero-order valence-electron chi connectivity index (χ0n) is 7.86. The quantitative estimate of drug-likeness (QED) is 0.612. The molecular weight excluding hydrogens is 184 g/mol. The molecule has 0 bridgehead atoms. The minimum absolute atomic E-state index is 0.0130. The summed E-state index contributed by atoms with van der Waals surface area (Å²) in [6.45, 7) is 0.846. The van der Waals surface area contributed by atoms with Crippen molar-refractivity contribution >= 4 is 12.0 Å². The standard InChI is InChI=1S/C9H14N2O3/c12-8(6-1-2-6)10-7-3-4-11(5-7)9(13)14/h6-7H,1-5H2,(H,10,12)(H,13,14)/p-1. The Morgan fingerprint density at radius 1 is 1.29 bits per heavy atom. The lowest BCUT2D eigenvalue weighted by atomic mass is 10.2. The van der Waals surface area contributed by atoms with E-state index in [2.05, 4.69) is 5.32 Å². The maximum Gasteiger partial charge on any atom is 0.223 e. The predicted molar refractivity (Wildman–Crippen MR) is 46.2 cm³/mol. The highest BCUT2D eigenvalue weighted by Crippen LogP contribution is 2.29. The van der Waals surface area contributed by atoms with Gasteiger partial charge in [0.25, 0.3) is 0 Å². The molecule has 1 aliphatic heterocycles. The lowest BCUT2D eigenvalue weighted by Crippen LogP contribution is -2.43. The average molecular weight is 197 g/mol. The first-order valence-electron chi connectivity index (χ1n) is 4.93. The Kier molecular flexibility index (Phi) is 2.31. The molecule has 0 aromatic carbocycles. The van der Waals surface area contributed by atoms with Crippen LogP contribution in [0.5, 0.6) is 0 Å². The summed E-state index contributed by atoms with van der Waals surface area (Å²) in [5.74, 6) is 0.266. The van der Waals surface area contributed by atoms with Crippen molar-refractivity contribution in [1.82, 2.24) is 10.2 Å². The summed E-state index contributed by atoms with van der Waals surface area (Å²) in [6, 6.07) is -0.0130. The number of hydrogen-bond donors (Lipinski definition) is 1. The van der Waals surface area contributed by atoms with Gasteiger partial charge in [0.2, 0.25) is 5.91 Å². The first kappa shape index (κ1) is 9.30. The highest BCUT2D eigenvalue weighted by atomic mass is 16.4. The third-order valence-corrected chi connectivity index (χ3v) is 2.74. The molecule has 1 heterocycles. The van der Waals surface area contributed by atoms with Gasteiger partial charge in [-0.15, -0.1) is 0 Å². The number of carbonyl (C=O) groups excluding carboxylic acids is 2. The van der Waals surface area contributed by atoms with Crippen molar-refractivity contribution in [3.8, 4) is 0 Å². The summed E-state index contributed by atoms with van der Waals surface area (Å²) in [7, 11) is 0. The van der Waals surface area contributed by atoms with Gasteiger partial charge in [0, 0.05) is 25.0 Å². The molecule has 2 aliphatic rings. The van der Waals surface area contributed by atoms with Crippen LogP contribution in [0.2, 0.25) is 0 Å². The second-order valence-electron chi connectivity index (χ2n) is 3.98. The van der Waals surface area contributed by atoms with Gasteiger partial charge in [0.05, 0.1) is 0 Å². The lowest BCUT2D eigenvalue weighted by Gasteiger charge is -2.18. The number of likely N-dealkylation sites (tertiary alicyclic amines) is 1. The average Bonchev–Trinajstić information content (AvgIpc) is 2.87. The van der Waals surface area contributed by atoms with Crippen LogP contribution < -0.4 is 10.4 Å². The van der Waals surface area contributed by atoms with E-state index in [9.17, 15) is 14.7 Å². The Labute approximate surface area is 82.1 Å². The van der Waals surface area contributed by atoms with Crippen molar-refractivity contribution < 1.29 is 14.7 Å². The fraction of sp³-hybridized carbons (Fsp3) is 0.778. The monoisotopic (exact) mass is 197 g/mol. The van der Waals surface area contributed by atoms with Crippen LogP contribution >= 0.6 is 0 Å². The number of carbonyl (C=O) groups is 2. The topological polar surface area (TPSA) is 72.5 Å². The Morgan fingerprint density at radius 3 is 2.50 bits per heavy atom. The van der Waals surface area contributed by atoms with Gasteiger partial charge >= 0.3 is 0 Å². The summed E-state index contributed by atoms with van der Waals surface area (Å²) >= 11 is 0. The van der Waals surface area contributed by atoms with Gasteiger partial charge in [0.15, 0.2) is 0 Å². The first-order valence-corrected chi connectivity index (χ1v) is 4.93. The first-order chi connectivity index (χ1) is 6.66. The summed E-state index contributed by atoms with van der Waals surface area (Å²) in [6.07, 6.45) is 1.51. The molecule has 1 aliphatic carbocycles. The van der Waals surface area contributed by atoms with Crippen molar-refractivity contribution in [1.29, 1.82) is 0 Å². The molecule has 0 spiro atoms. The van der Waals surface area contributed by atoms with Crippen molar-refractivity contribution in [2.75, 3.05) is 13.1 Å². The summed E-state index contributed by atoms with van der Waals surface area (Å²) in [5.41, 5.74) is 0. The van der Waals surface area contributed by atoms with Crippen LogP contribution in [0.4, 0.5) is 4.79 Å². The molecule has 78 valence electrons. The Morgan fingerprint density at radius 2 is 2.00 bits per heavy atom. The van der Waals surface area contributed by atoms with E-state index in [1.165, 1.54) is 4.90 Å². The minimum Gasteiger partial charge on any atom is -0.530 e. The third kappa shape index (κ3) is 1.97. The zero-order valence-corrected chi connectivity index (χ0v) is 7.86. The van der Waals surface area contributed by atoms with Gasteiger partial charge in [0.1, 0.15) is 6.09 Å². The molecule has 0 aromatic heterocycles. The number of hydrogen-bond acceptors (Lipinski definition) is 3. The van der Waals surface area contributed by atoms with E-state index in [4.69, 9.17) is 0 Å². The fourth-order valence-electron chi connectivity index (χ4n) is 1.71. The zero-order chi connectivity index (χ0) is 10.1. The van der Waals surface area contributed by atoms with E-state index in [1.54, 1.807) is 0 Å². The normalized spacial score (nSPS) is 26.3. The number of amides is 2. The summed E-state index contributed by atoms with van der Waals surface area (Å²) in [4.78, 5) is 23.1. The van der Waals surface area contributed by atoms with Gasteiger partial charge in [-0.25, -0.2) is 0 Å². The highest BCUT2D eigenvalue weighted by Gasteiger charge is 2.32. The second-order valence-corrected chi connectivity index (χ2v) is 3.98. The molecule has 1 saturated carbocycles. The molecule has 2 rings (SSSR count). The Hall–Kier alpha value is -1.26. The van der Waals surface area contributed by atoms with Crippen molar-refractivity contribution in [2.24, 2.45) is 5.92 Å². The van der Waals surface area contributed by atoms with E-state index in [-0.39, 0.29) is 17.9 Å². The van der Waals surface area contributed by atoms with Gasteiger partial charge in [-0.05, 0) is 19.3 Å². The molecule has 1 atom stereocenters. The van der Waals surface area contributed by atoms with Crippen molar-refractivity contribution in [3.05, 3.63) is 0 Å². The maximum atomic E-state index is 11.3. The van der Waals surface area contributed by atoms with Crippen LogP contribution in [0, 0.1) is 5.92 Å². The van der Waals surface area contributed by atoms with E-state index in [0.29, 0.717) is 19.5 Å². The summed E-state index contributed by atoms with van der Waals surface area (Å²) in [5, 5.41) is 13.3. The van der Waals surface area contributed by atoms with E-state index in [0.717, 1.165) is 12.8 Å². The predicted octanol–water partition coefficient (Wildman–Crippen LogP) is -1.07. The molecule has 0 radical (unpaired) electrons. The number of nitrogens with zero attached hydrogens (tertiary/aromatic N) is 1. The van der Waals surface area contributed by atoms with E-state index < -0.39 is 6.09 Å². The molecule has 2 amide bonds. The fourth-order valence-corrected chi connectivity index (χ4v) is 1.71. The van der Waals surface area contributed by atoms with Crippen LogP contribution in [-0.2, 0) is 4.79 Å². The van der Waals surface area contributed by atoms with Gasteiger partial charge in [-0.1, -0.05) is 0 Å². The van der Waals surface area contributed by atoms with Crippen LogP contribution in [0.15, 0.2) is 0 Å². The largest absolute Gasteiger partial charge is 0.530 e. The Bertz CT molecular complexity index is 263. The molecule has 1 saturated heterocycles. The lowest BCUT2D eigenvalue weighted by molar-refractivity contribution is -0.264. The number of carboxylic acid groups (broad SMARTS) is 1. The molecule has 1 N–H and O–H groups in total. The SMILES string of the molecule is O=C(NC1CCN(C(=O)[O-])C1)C1CC1. The molecule has 14 heavy (non-hydrogen) atoms. The molecular formula is C9H13N2O3-. The molecule has 5 nitrogen and oxygen atoms in total. The molecule has 5 heteroatoms. The van der Waals surface area contributed by atoms with Crippen LogP contribution in [0.3, 0.4) is 0 Å². The Balaban J connectivity index is 1.77.